The maximum absolute atomic E-state index is 11.4. The van der Waals surface area contributed by atoms with Crippen LogP contribution in [0.15, 0.2) is 60.7 Å². The third kappa shape index (κ3) is 6.98. The van der Waals surface area contributed by atoms with E-state index in [0.29, 0.717) is 19.8 Å². The van der Waals surface area contributed by atoms with Crippen molar-refractivity contribution < 1.29 is 23.7 Å². The van der Waals surface area contributed by atoms with Crippen molar-refractivity contribution in [2.75, 3.05) is 6.61 Å². The van der Waals surface area contributed by atoms with Gasteiger partial charge in [0.05, 0.1) is 32.0 Å². The lowest BCUT2D eigenvalue weighted by atomic mass is 9.95. The monoisotopic (exact) mass is 472 g/mol. The molecule has 2 aromatic carbocycles. The Kier molecular flexibility index (Phi) is 8.89. The molecule has 33 heavy (non-hydrogen) atoms. The van der Waals surface area contributed by atoms with Crippen LogP contribution in [-0.2, 0) is 31.9 Å². The maximum Gasteiger partial charge on any atom is 0.192 e. The van der Waals surface area contributed by atoms with Gasteiger partial charge in [-0.3, -0.25) is 0 Å². The van der Waals surface area contributed by atoms with Crippen molar-refractivity contribution in [3.8, 4) is 0 Å². The van der Waals surface area contributed by atoms with Crippen LogP contribution in [0.3, 0.4) is 0 Å². The number of hydrogen-bond donors (Lipinski definition) is 1. The van der Waals surface area contributed by atoms with Crippen LogP contribution in [0.4, 0.5) is 0 Å². The van der Waals surface area contributed by atoms with Crippen molar-refractivity contribution in [2.45, 2.75) is 89.6 Å². The molecule has 0 amide bonds. The summed E-state index contributed by atoms with van der Waals surface area (Å²) in [5.41, 5.74) is 2.15. The first kappa shape index (κ1) is 26.1. The SMILES string of the molecule is C[C@H]1OC(COCc2ccccc2)[C@@H](OCc2ccccc2)[C@H](O)C1O[Si](C)(C)C(C)(C)C. The molecule has 1 N–H and O–H groups in total. The van der Waals surface area contributed by atoms with Gasteiger partial charge in [-0.1, -0.05) is 81.4 Å². The molecule has 1 aliphatic heterocycles. The Bertz CT molecular complexity index is 837. The smallest absolute Gasteiger partial charge is 0.192 e. The summed E-state index contributed by atoms with van der Waals surface area (Å²) in [5, 5.41) is 11.5. The van der Waals surface area contributed by atoms with Crippen molar-refractivity contribution in [1.82, 2.24) is 0 Å². The highest BCUT2D eigenvalue weighted by Gasteiger charge is 2.49. The third-order valence-electron chi connectivity index (χ3n) is 6.81. The van der Waals surface area contributed by atoms with Crippen molar-refractivity contribution in [3.05, 3.63) is 71.8 Å². The van der Waals surface area contributed by atoms with Crippen molar-refractivity contribution in [3.63, 3.8) is 0 Å². The Morgan fingerprint density at radius 1 is 0.879 bits per heavy atom. The summed E-state index contributed by atoms with van der Waals surface area (Å²) in [6.45, 7) is 14.2. The van der Waals surface area contributed by atoms with Gasteiger partial charge in [-0.05, 0) is 36.2 Å². The fourth-order valence-electron chi connectivity index (χ4n) is 3.77. The molecule has 2 unspecified atom stereocenters. The van der Waals surface area contributed by atoms with E-state index in [4.69, 9.17) is 18.6 Å². The molecule has 6 heteroatoms. The predicted molar refractivity (Wildman–Crippen MR) is 134 cm³/mol. The van der Waals surface area contributed by atoms with Gasteiger partial charge in [0.2, 0.25) is 0 Å². The second kappa shape index (κ2) is 11.3. The number of aliphatic hydroxyl groups is 1. The Morgan fingerprint density at radius 2 is 1.42 bits per heavy atom. The first-order chi connectivity index (χ1) is 15.6. The zero-order valence-electron chi connectivity index (χ0n) is 20.9. The Balaban J connectivity index is 1.72. The van der Waals surface area contributed by atoms with E-state index in [9.17, 15) is 5.11 Å². The van der Waals surface area contributed by atoms with E-state index in [0.717, 1.165) is 11.1 Å². The molecule has 0 aromatic heterocycles. The van der Waals surface area contributed by atoms with E-state index in [1.165, 1.54) is 0 Å². The second-order valence-corrected chi connectivity index (χ2v) is 15.2. The van der Waals surface area contributed by atoms with Gasteiger partial charge in [0.15, 0.2) is 8.32 Å². The molecule has 1 fully saturated rings. The minimum atomic E-state index is -2.11. The first-order valence-corrected chi connectivity index (χ1v) is 14.8. The number of ether oxygens (including phenoxy) is 3. The highest BCUT2D eigenvalue weighted by atomic mass is 28.4. The van der Waals surface area contributed by atoms with Gasteiger partial charge in [-0.2, -0.15) is 0 Å². The van der Waals surface area contributed by atoms with E-state index >= 15 is 0 Å². The lowest BCUT2D eigenvalue weighted by Gasteiger charge is -2.48. The first-order valence-electron chi connectivity index (χ1n) is 11.9. The molecule has 2 aromatic rings. The van der Waals surface area contributed by atoms with Crippen molar-refractivity contribution in [2.24, 2.45) is 0 Å². The van der Waals surface area contributed by atoms with E-state index in [-0.39, 0.29) is 17.2 Å². The maximum atomic E-state index is 11.4. The van der Waals surface area contributed by atoms with Gasteiger partial charge in [-0.15, -0.1) is 0 Å². The summed E-state index contributed by atoms with van der Waals surface area (Å²) in [5.74, 6) is 0. The standard InChI is InChI=1S/C27H40O5Si/c1-20-25(32-33(5,6)27(2,3)4)24(28)26(30-18-22-15-11-8-12-16-22)23(31-20)19-29-17-21-13-9-7-10-14-21/h7-16,20,23-26,28H,17-19H2,1-6H3/t20-,23?,24-,25?,26-/m1/s1. The summed E-state index contributed by atoms with van der Waals surface area (Å²) >= 11 is 0. The van der Waals surface area contributed by atoms with Gasteiger partial charge in [0, 0.05) is 0 Å². The Hall–Kier alpha value is -1.54. The molecule has 1 saturated heterocycles. The highest BCUT2D eigenvalue weighted by molar-refractivity contribution is 6.74. The van der Waals surface area contributed by atoms with Crippen LogP contribution in [-0.4, -0.2) is 50.6 Å². The van der Waals surface area contributed by atoms with E-state index in [1.807, 2.05) is 67.6 Å². The zero-order chi connectivity index (χ0) is 24.1. The minimum Gasteiger partial charge on any atom is -0.409 e. The molecular formula is C27H40O5Si. The summed E-state index contributed by atoms with van der Waals surface area (Å²) in [7, 11) is -2.11. The summed E-state index contributed by atoms with van der Waals surface area (Å²) in [4.78, 5) is 0. The van der Waals surface area contributed by atoms with Gasteiger partial charge < -0.3 is 23.7 Å². The van der Waals surface area contributed by atoms with E-state index in [2.05, 4.69) is 33.9 Å². The number of hydrogen-bond acceptors (Lipinski definition) is 5. The zero-order valence-corrected chi connectivity index (χ0v) is 21.9. The molecule has 0 bridgehead atoms. The molecule has 0 aliphatic carbocycles. The van der Waals surface area contributed by atoms with E-state index in [1.54, 1.807) is 0 Å². The van der Waals surface area contributed by atoms with Crippen LogP contribution in [0.1, 0.15) is 38.8 Å². The van der Waals surface area contributed by atoms with Crippen molar-refractivity contribution in [1.29, 1.82) is 0 Å². The molecule has 1 heterocycles. The minimum absolute atomic E-state index is 0.0302. The van der Waals surface area contributed by atoms with Crippen LogP contribution in [0.25, 0.3) is 0 Å². The average Bonchev–Trinajstić information content (AvgIpc) is 2.77. The van der Waals surface area contributed by atoms with Crippen LogP contribution < -0.4 is 0 Å². The molecule has 0 saturated carbocycles. The number of rotatable bonds is 9. The highest BCUT2D eigenvalue weighted by Crippen LogP contribution is 2.39. The van der Waals surface area contributed by atoms with Gasteiger partial charge >= 0.3 is 0 Å². The molecule has 0 spiro atoms. The Labute approximate surface area is 200 Å². The fraction of sp³-hybridized carbons (Fsp3) is 0.556. The average molecular weight is 473 g/mol. The molecule has 0 radical (unpaired) electrons. The van der Waals surface area contributed by atoms with Crippen molar-refractivity contribution >= 4 is 8.32 Å². The molecule has 1 aliphatic rings. The largest absolute Gasteiger partial charge is 0.409 e. The Morgan fingerprint density at radius 3 is 1.97 bits per heavy atom. The molecule has 3 rings (SSSR count). The van der Waals surface area contributed by atoms with Crippen LogP contribution in [0, 0.1) is 0 Å². The molecule has 182 valence electrons. The topological polar surface area (TPSA) is 57.2 Å². The van der Waals surface area contributed by atoms with E-state index < -0.39 is 26.6 Å². The van der Waals surface area contributed by atoms with Gasteiger partial charge in [0.25, 0.3) is 0 Å². The van der Waals surface area contributed by atoms with Gasteiger partial charge in [0.1, 0.15) is 18.3 Å². The summed E-state index contributed by atoms with van der Waals surface area (Å²) in [6, 6.07) is 20.0. The summed E-state index contributed by atoms with van der Waals surface area (Å²) < 4.78 is 25.2. The predicted octanol–water partition coefficient (Wildman–Crippen LogP) is 5.33. The number of aliphatic hydroxyl groups excluding tert-OH is 1. The lowest BCUT2D eigenvalue weighted by molar-refractivity contribution is -0.240. The quantitative estimate of drug-likeness (QED) is 0.500. The molecule has 5 nitrogen and oxygen atoms in total. The van der Waals surface area contributed by atoms with Crippen LogP contribution in [0.2, 0.25) is 18.1 Å². The lowest BCUT2D eigenvalue weighted by Crippen LogP contribution is -2.62. The van der Waals surface area contributed by atoms with Crippen LogP contribution in [0.5, 0.6) is 0 Å². The van der Waals surface area contributed by atoms with Crippen LogP contribution >= 0.6 is 0 Å². The van der Waals surface area contributed by atoms with Gasteiger partial charge in [-0.25, -0.2) is 0 Å². The second-order valence-electron chi connectivity index (χ2n) is 10.5. The molecule has 5 atom stereocenters. The fourth-order valence-corrected chi connectivity index (χ4v) is 5.14. The third-order valence-corrected chi connectivity index (χ3v) is 11.3. The summed E-state index contributed by atoms with van der Waals surface area (Å²) in [6.07, 6.45) is -2.46. The normalized spacial score (nSPS) is 26.3. The molecular weight excluding hydrogens is 432 g/mol. The number of benzene rings is 2.